The maximum absolute atomic E-state index is 2.61. The van der Waals surface area contributed by atoms with Gasteiger partial charge < -0.3 is 9.80 Å². The first kappa shape index (κ1) is 18.9. The summed E-state index contributed by atoms with van der Waals surface area (Å²) in [6.07, 6.45) is 2.45. The average Bonchev–Trinajstić information content (AvgIpc) is 2.54. The summed E-state index contributed by atoms with van der Waals surface area (Å²) in [6, 6.07) is 15.5. The molecule has 0 aliphatic carbocycles. The Labute approximate surface area is 147 Å². The van der Waals surface area contributed by atoms with Crippen LogP contribution in [0, 0.1) is 0 Å². The monoisotopic (exact) mass is 327 g/mol. The van der Waals surface area contributed by atoms with Crippen molar-refractivity contribution in [1.82, 2.24) is 14.7 Å². The first-order chi connectivity index (χ1) is 11.5. The van der Waals surface area contributed by atoms with Crippen LogP contribution in [0.15, 0.2) is 42.5 Å². The van der Waals surface area contributed by atoms with E-state index in [2.05, 4.69) is 85.4 Å². The Morgan fingerprint density at radius 3 is 1.83 bits per heavy atom. The van der Waals surface area contributed by atoms with Crippen molar-refractivity contribution >= 4 is 10.8 Å². The molecule has 0 aliphatic rings. The zero-order chi connectivity index (χ0) is 17.4. The highest BCUT2D eigenvalue weighted by molar-refractivity contribution is 5.82. The van der Waals surface area contributed by atoms with Gasteiger partial charge in [0.2, 0.25) is 0 Å². The molecule has 0 heterocycles. The third-order valence-corrected chi connectivity index (χ3v) is 4.38. The Kier molecular flexibility index (Phi) is 7.70. The quantitative estimate of drug-likeness (QED) is 0.661. The van der Waals surface area contributed by atoms with E-state index in [1.807, 2.05) is 0 Å². The lowest BCUT2D eigenvalue weighted by atomic mass is 10.1. The van der Waals surface area contributed by atoms with Gasteiger partial charge in [-0.05, 0) is 89.6 Å². The van der Waals surface area contributed by atoms with Gasteiger partial charge in [-0.25, -0.2) is 0 Å². The lowest BCUT2D eigenvalue weighted by Crippen LogP contribution is -2.29. The van der Waals surface area contributed by atoms with E-state index in [1.54, 1.807) is 0 Å². The van der Waals surface area contributed by atoms with Crippen molar-refractivity contribution in [3.8, 4) is 0 Å². The van der Waals surface area contributed by atoms with Crippen LogP contribution < -0.4 is 0 Å². The van der Waals surface area contributed by atoms with Gasteiger partial charge in [-0.2, -0.15) is 0 Å². The van der Waals surface area contributed by atoms with Crippen molar-refractivity contribution in [2.45, 2.75) is 19.4 Å². The lowest BCUT2D eigenvalue weighted by Gasteiger charge is -2.24. The van der Waals surface area contributed by atoms with Crippen LogP contribution in [0.5, 0.6) is 0 Å². The molecular formula is C21H33N3. The molecule has 132 valence electrons. The van der Waals surface area contributed by atoms with E-state index >= 15 is 0 Å². The van der Waals surface area contributed by atoms with Gasteiger partial charge in [0, 0.05) is 6.54 Å². The van der Waals surface area contributed by atoms with Crippen molar-refractivity contribution in [3.63, 3.8) is 0 Å². The Bertz CT molecular complexity index is 593. The Morgan fingerprint density at radius 1 is 0.667 bits per heavy atom. The van der Waals surface area contributed by atoms with Crippen LogP contribution in [0.4, 0.5) is 0 Å². The summed E-state index contributed by atoms with van der Waals surface area (Å²) in [5.74, 6) is 0. The number of nitrogens with zero attached hydrogens (tertiary/aromatic N) is 3. The number of fused-ring (bicyclic) bond motifs is 1. The second kappa shape index (κ2) is 9.77. The molecule has 0 bridgehead atoms. The largest absolute Gasteiger partial charge is 0.309 e. The second-order valence-corrected chi connectivity index (χ2v) is 7.27. The van der Waals surface area contributed by atoms with E-state index in [-0.39, 0.29) is 0 Å². The van der Waals surface area contributed by atoms with Gasteiger partial charge in [-0.1, -0.05) is 36.4 Å². The summed E-state index contributed by atoms with van der Waals surface area (Å²) in [6.45, 7) is 5.69. The van der Waals surface area contributed by atoms with Crippen LogP contribution in [-0.2, 0) is 6.54 Å². The van der Waals surface area contributed by atoms with Crippen LogP contribution >= 0.6 is 0 Å². The fourth-order valence-electron chi connectivity index (χ4n) is 3.09. The topological polar surface area (TPSA) is 9.72 Å². The predicted molar refractivity (Wildman–Crippen MR) is 106 cm³/mol. The molecule has 0 saturated heterocycles. The van der Waals surface area contributed by atoms with Gasteiger partial charge in [0.25, 0.3) is 0 Å². The highest BCUT2D eigenvalue weighted by Crippen LogP contribution is 2.17. The van der Waals surface area contributed by atoms with Gasteiger partial charge in [0.05, 0.1) is 0 Å². The molecule has 0 atom stereocenters. The van der Waals surface area contributed by atoms with Crippen molar-refractivity contribution in [3.05, 3.63) is 48.0 Å². The maximum atomic E-state index is 2.61. The molecule has 0 saturated carbocycles. The number of hydrogen-bond acceptors (Lipinski definition) is 3. The zero-order valence-electron chi connectivity index (χ0n) is 15.8. The van der Waals surface area contributed by atoms with Crippen molar-refractivity contribution in [2.24, 2.45) is 0 Å². The Hall–Kier alpha value is -1.42. The number of hydrogen-bond donors (Lipinski definition) is 0. The van der Waals surface area contributed by atoms with E-state index in [9.17, 15) is 0 Å². The minimum Gasteiger partial charge on any atom is -0.309 e. The standard InChI is InChI=1S/C21H33N3/c1-22(2)13-7-15-24(16-8-14-23(3)4)18-19-11-12-20-9-5-6-10-21(20)17-19/h5-6,9-12,17H,7-8,13-16,18H2,1-4H3. The minimum absolute atomic E-state index is 1.05. The minimum atomic E-state index is 1.05. The fourth-order valence-corrected chi connectivity index (χ4v) is 3.09. The molecule has 2 aromatic carbocycles. The van der Waals surface area contributed by atoms with Gasteiger partial charge in [0.15, 0.2) is 0 Å². The molecule has 0 amide bonds. The van der Waals surface area contributed by atoms with E-state index in [0.29, 0.717) is 0 Å². The van der Waals surface area contributed by atoms with Crippen LogP contribution in [-0.4, -0.2) is 69.1 Å². The van der Waals surface area contributed by atoms with Crippen molar-refractivity contribution in [2.75, 3.05) is 54.4 Å². The highest BCUT2D eigenvalue weighted by atomic mass is 15.1. The molecule has 2 rings (SSSR count). The van der Waals surface area contributed by atoms with Gasteiger partial charge in [-0.15, -0.1) is 0 Å². The molecule has 0 unspecified atom stereocenters. The van der Waals surface area contributed by atoms with Crippen molar-refractivity contribution < 1.29 is 0 Å². The zero-order valence-corrected chi connectivity index (χ0v) is 15.8. The third kappa shape index (κ3) is 6.60. The molecule has 0 fully saturated rings. The van der Waals surface area contributed by atoms with E-state index in [0.717, 1.165) is 19.6 Å². The maximum Gasteiger partial charge on any atom is 0.0233 e. The summed E-state index contributed by atoms with van der Waals surface area (Å²) in [5, 5.41) is 2.67. The average molecular weight is 328 g/mol. The Balaban J connectivity index is 1.98. The molecule has 0 N–H and O–H groups in total. The van der Waals surface area contributed by atoms with Gasteiger partial charge >= 0.3 is 0 Å². The molecule has 0 radical (unpaired) electrons. The normalized spacial score (nSPS) is 12.0. The summed E-state index contributed by atoms with van der Waals surface area (Å²) in [5.41, 5.74) is 1.42. The summed E-state index contributed by atoms with van der Waals surface area (Å²) in [7, 11) is 8.61. The smallest absolute Gasteiger partial charge is 0.0233 e. The van der Waals surface area contributed by atoms with E-state index < -0.39 is 0 Å². The van der Waals surface area contributed by atoms with Crippen LogP contribution in [0.3, 0.4) is 0 Å². The molecule has 24 heavy (non-hydrogen) atoms. The van der Waals surface area contributed by atoms with Crippen LogP contribution in [0.2, 0.25) is 0 Å². The summed E-state index contributed by atoms with van der Waals surface area (Å²) < 4.78 is 0. The molecule has 0 spiro atoms. The second-order valence-electron chi connectivity index (χ2n) is 7.27. The summed E-state index contributed by atoms with van der Waals surface area (Å²) >= 11 is 0. The number of rotatable bonds is 10. The summed E-state index contributed by atoms with van der Waals surface area (Å²) in [4.78, 5) is 7.15. The molecule has 2 aromatic rings. The fraction of sp³-hybridized carbons (Fsp3) is 0.524. The van der Waals surface area contributed by atoms with Gasteiger partial charge in [-0.3, -0.25) is 4.90 Å². The third-order valence-electron chi connectivity index (χ3n) is 4.38. The van der Waals surface area contributed by atoms with Crippen LogP contribution in [0.25, 0.3) is 10.8 Å². The predicted octanol–water partition coefficient (Wildman–Crippen LogP) is 3.55. The molecule has 0 aromatic heterocycles. The molecular weight excluding hydrogens is 294 g/mol. The molecule has 3 heteroatoms. The first-order valence-electron chi connectivity index (χ1n) is 9.04. The van der Waals surface area contributed by atoms with E-state index in [4.69, 9.17) is 0 Å². The highest BCUT2D eigenvalue weighted by Gasteiger charge is 2.07. The van der Waals surface area contributed by atoms with Crippen LogP contribution in [0.1, 0.15) is 18.4 Å². The van der Waals surface area contributed by atoms with Crippen molar-refractivity contribution in [1.29, 1.82) is 0 Å². The number of benzene rings is 2. The molecule has 3 nitrogen and oxygen atoms in total. The van der Waals surface area contributed by atoms with Gasteiger partial charge in [0.1, 0.15) is 0 Å². The Morgan fingerprint density at radius 2 is 1.25 bits per heavy atom. The lowest BCUT2D eigenvalue weighted by molar-refractivity contribution is 0.234. The SMILES string of the molecule is CN(C)CCCN(CCCN(C)C)Cc1ccc2ccccc2c1. The van der Waals surface area contributed by atoms with E-state index in [1.165, 1.54) is 42.3 Å². The molecule has 0 aliphatic heterocycles. The first-order valence-corrected chi connectivity index (χ1v) is 9.04.